The Hall–Kier alpha value is -1.68. The SMILES string of the molecule is C/C=C/C(=O)OP(=O)(OC(=O)/C=C/C)C(=O)CC. The summed E-state index contributed by atoms with van der Waals surface area (Å²) in [7, 11) is -4.42. The van der Waals surface area contributed by atoms with Gasteiger partial charge >= 0.3 is 19.5 Å². The summed E-state index contributed by atoms with van der Waals surface area (Å²) in [5, 5.41) is 0. The summed E-state index contributed by atoms with van der Waals surface area (Å²) in [6, 6.07) is 0. The van der Waals surface area contributed by atoms with E-state index in [4.69, 9.17) is 0 Å². The lowest BCUT2D eigenvalue weighted by molar-refractivity contribution is -0.135. The van der Waals surface area contributed by atoms with E-state index in [0.717, 1.165) is 12.2 Å². The predicted molar refractivity (Wildman–Crippen MR) is 64.7 cm³/mol. The first-order valence-electron chi connectivity index (χ1n) is 5.25. The fourth-order valence-electron chi connectivity index (χ4n) is 0.884. The number of carbonyl (C=O) groups excluding carboxylic acids is 3. The molecule has 0 fully saturated rings. The van der Waals surface area contributed by atoms with Crippen molar-refractivity contribution in [2.45, 2.75) is 27.2 Å². The number of hydrogen-bond acceptors (Lipinski definition) is 6. The van der Waals surface area contributed by atoms with Gasteiger partial charge in [-0.1, -0.05) is 19.1 Å². The fourth-order valence-corrected chi connectivity index (χ4v) is 2.11. The summed E-state index contributed by atoms with van der Waals surface area (Å²) in [6.45, 7) is 4.50. The van der Waals surface area contributed by atoms with Gasteiger partial charge in [0, 0.05) is 18.6 Å². The minimum absolute atomic E-state index is 0.177. The second kappa shape index (κ2) is 7.61. The molecule has 0 saturated heterocycles. The van der Waals surface area contributed by atoms with Crippen molar-refractivity contribution >= 4 is 25.1 Å². The van der Waals surface area contributed by atoms with Gasteiger partial charge in [0.15, 0.2) is 0 Å². The Balaban J connectivity index is 5.07. The van der Waals surface area contributed by atoms with Crippen LogP contribution in [0.3, 0.4) is 0 Å². The molecule has 100 valence electrons. The number of allylic oxidation sites excluding steroid dienone is 2. The molecule has 0 bridgehead atoms. The van der Waals surface area contributed by atoms with Crippen LogP contribution in [0.25, 0.3) is 0 Å². The lowest BCUT2D eigenvalue weighted by Crippen LogP contribution is -2.12. The minimum Gasteiger partial charge on any atom is -0.374 e. The van der Waals surface area contributed by atoms with Gasteiger partial charge in [-0.05, 0) is 13.8 Å². The average molecular weight is 274 g/mol. The van der Waals surface area contributed by atoms with Crippen molar-refractivity contribution < 1.29 is 28.0 Å². The second-order valence-corrected chi connectivity index (χ2v) is 4.92. The van der Waals surface area contributed by atoms with Crippen LogP contribution in [0.15, 0.2) is 24.3 Å². The zero-order valence-corrected chi connectivity index (χ0v) is 11.3. The highest BCUT2D eigenvalue weighted by atomic mass is 31.2. The zero-order valence-electron chi connectivity index (χ0n) is 10.4. The molecule has 0 amide bonds. The molecule has 0 aliphatic heterocycles. The molecule has 0 heterocycles. The van der Waals surface area contributed by atoms with Gasteiger partial charge in [0.25, 0.3) is 5.52 Å². The first-order valence-corrected chi connectivity index (χ1v) is 6.79. The van der Waals surface area contributed by atoms with Gasteiger partial charge in [-0.15, -0.1) is 0 Å². The molecule has 0 unspecified atom stereocenters. The quantitative estimate of drug-likeness (QED) is 0.545. The molecular weight excluding hydrogens is 259 g/mol. The monoisotopic (exact) mass is 274 g/mol. The molecule has 0 aromatic heterocycles. The van der Waals surface area contributed by atoms with Crippen molar-refractivity contribution in [2.75, 3.05) is 0 Å². The van der Waals surface area contributed by atoms with Gasteiger partial charge in [-0.3, -0.25) is 4.79 Å². The smallest absolute Gasteiger partial charge is 0.374 e. The summed E-state index contributed by atoms with van der Waals surface area (Å²) in [6.07, 6.45) is 4.45. The maximum absolute atomic E-state index is 12.0. The van der Waals surface area contributed by atoms with E-state index in [9.17, 15) is 18.9 Å². The van der Waals surface area contributed by atoms with Crippen molar-refractivity contribution in [1.82, 2.24) is 0 Å². The third-order valence-corrected chi connectivity index (χ3v) is 3.40. The summed E-state index contributed by atoms with van der Waals surface area (Å²) in [5.74, 6) is -2.01. The van der Waals surface area contributed by atoms with E-state index in [2.05, 4.69) is 9.05 Å². The predicted octanol–water partition coefficient (Wildman–Crippen LogP) is 2.35. The molecule has 0 aromatic carbocycles. The molecule has 7 heteroatoms. The zero-order chi connectivity index (χ0) is 14.2. The normalized spacial score (nSPS) is 11.7. The van der Waals surface area contributed by atoms with E-state index in [-0.39, 0.29) is 6.42 Å². The Morgan fingerprint density at radius 3 is 1.67 bits per heavy atom. The van der Waals surface area contributed by atoms with E-state index >= 15 is 0 Å². The van der Waals surface area contributed by atoms with Crippen LogP contribution >= 0.6 is 7.60 Å². The van der Waals surface area contributed by atoms with Gasteiger partial charge < -0.3 is 9.05 Å². The van der Waals surface area contributed by atoms with Crippen LogP contribution < -0.4 is 0 Å². The van der Waals surface area contributed by atoms with E-state index in [1.54, 1.807) is 13.8 Å². The Kier molecular flexibility index (Phi) is 6.90. The number of hydrogen-bond donors (Lipinski definition) is 0. The maximum Gasteiger partial charge on any atom is 0.503 e. The van der Waals surface area contributed by atoms with Crippen molar-refractivity contribution in [2.24, 2.45) is 0 Å². The standard InChI is InChI=1S/C11H15O6P/c1-4-7-9(12)16-18(15,11(14)6-3)17-10(13)8-5-2/h4-5,7-8H,6H2,1-3H3/b7-4+,8-5+. The lowest BCUT2D eigenvalue weighted by atomic mass is 10.5. The first kappa shape index (κ1) is 16.3. The highest BCUT2D eigenvalue weighted by Gasteiger charge is 2.39. The van der Waals surface area contributed by atoms with Crippen LogP contribution in [0.4, 0.5) is 0 Å². The van der Waals surface area contributed by atoms with Crippen molar-refractivity contribution in [1.29, 1.82) is 0 Å². The van der Waals surface area contributed by atoms with E-state index in [1.165, 1.54) is 19.1 Å². The Labute approximate surface area is 105 Å². The van der Waals surface area contributed by atoms with Crippen LogP contribution in [0, 0.1) is 0 Å². The summed E-state index contributed by atoms with van der Waals surface area (Å²) >= 11 is 0. The molecular formula is C11H15O6P. The molecule has 0 N–H and O–H groups in total. The maximum atomic E-state index is 12.0. The summed E-state index contributed by atoms with van der Waals surface area (Å²) in [4.78, 5) is 33.8. The largest absolute Gasteiger partial charge is 0.503 e. The fraction of sp³-hybridized carbons (Fsp3) is 0.364. The molecule has 0 rings (SSSR count). The molecule has 0 aromatic rings. The highest BCUT2D eigenvalue weighted by molar-refractivity contribution is 7.72. The molecule has 0 aliphatic rings. The highest BCUT2D eigenvalue weighted by Crippen LogP contribution is 2.50. The van der Waals surface area contributed by atoms with Crippen molar-refractivity contribution in [3.8, 4) is 0 Å². The van der Waals surface area contributed by atoms with E-state index in [0.29, 0.717) is 0 Å². The third kappa shape index (κ3) is 5.10. The van der Waals surface area contributed by atoms with Gasteiger partial charge in [0.1, 0.15) is 0 Å². The van der Waals surface area contributed by atoms with E-state index < -0.39 is 25.1 Å². The van der Waals surface area contributed by atoms with Gasteiger partial charge in [0.05, 0.1) is 0 Å². The van der Waals surface area contributed by atoms with Crippen LogP contribution in [0.5, 0.6) is 0 Å². The lowest BCUT2D eigenvalue weighted by Gasteiger charge is -2.13. The summed E-state index contributed by atoms with van der Waals surface area (Å²) < 4.78 is 20.9. The van der Waals surface area contributed by atoms with Gasteiger partial charge in [-0.25, -0.2) is 14.2 Å². The Morgan fingerprint density at radius 1 is 1.00 bits per heavy atom. The summed E-state index contributed by atoms with van der Waals surface area (Å²) in [5.41, 5.74) is -0.932. The molecule has 18 heavy (non-hydrogen) atoms. The average Bonchev–Trinajstić information content (AvgIpc) is 2.27. The van der Waals surface area contributed by atoms with E-state index in [1.807, 2.05) is 0 Å². The molecule has 0 atom stereocenters. The van der Waals surface area contributed by atoms with Crippen LogP contribution in [-0.2, 0) is 28.0 Å². The van der Waals surface area contributed by atoms with Gasteiger partial charge in [-0.2, -0.15) is 0 Å². The minimum atomic E-state index is -4.42. The Morgan fingerprint density at radius 2 is 1.39 bits per heavy atom. The molecule has 0 spiro atoms. The number of carbonyl (C=O) groups is 3. The van der Waals surface area contributed by atoms with Crippen molar-refractivity contribution in [3.63, 3.8) is 0 Å². The topological polar surface area (TPSA) is 86.7 Å². The van der Waals surface area contributed by atoms with Crippen LogP contribution in [0.2, 0.25) is 0 Å². The Bertz CT molecular complexity index is 405. The molecule has 0 radical (unpaired) electrons. The second-order valence-electron chi connectivity index (χ2n) is 3.07. The molecule has 6 nitrogen and oxygen atoms in total. The van der Waals surface area contributed by atoms with Crippen molar-refractivity contribution in [3.05, 3.63) is 24.3 Å². The van der Waals surface area contributed by atoms with Crippen LogP contribution in [-0.4, -0.2) is 17.5 Å². The third-order valence-electron chi connectivity index (χ3n) is 1.63. The molecule has 0 saturated carbocycles. The van der Waals surface area contributed by atoms with Crippen LogP contribution in [0.1, 0.15) is 27.2 Å². The number of rotatable bonds is 6. The van der Waals surface area contributed by atoms with Gasteiger partial charge in [0.2, 0.25) is 0 Å². The molecule has 0 aliphatic carbocycles. The first-order chi connectivity index (χ1) is 8.39.